The Morgan fingerprint density at radius 1 is 1.50 bits per heavy atom. The van der Waals surface area contributed by atoms with Crippen LogP contribution in [0.25, 0.3) is 0 Å². The highest BCUT2D eigenvalue weighted by Gasteiger charge is 2.29. The molecule has 1 rings (SSSR count). The molecule has 0 saturated heterocycles. The van der Waals surface area contributed by atoms with Crippen LogP contribution in [0.4, 0.5) is 0 Å². The Kier molecular flexibility index (Phi) is 4.10. The van der Waals surface area contributed by atoms with Crippen molar-refractivity contribution in [3.8, 4) is 12.3 Å². The molecule has 0 aromatic heterocycles. The van der Waals surface area contributed by atoms with Crippen LogP contribution in [0.2, 0.25) is 0 Å². The molecule has 0 saturated carbocycles. The van der Waals surface area contributed by atoms with Crippen LogP contribution in [0.15, 0.2) is 30.3 Å². The lowest BCUT2D eigenvalue weighted by molar-refractivity contribution is -0.126. The Morgan fingerprint density at radius 2 is 2.12 bits per heavy atom. The van der Waals surface area contributed by atoms with E-state index < -0.39 is 5.54 Å². The Labute approximate surface area is 96.0 Å². The van der Waals surface area contributed by atoms with Crippen molar-refractivity contribution in [1.82, 2.24) is 5.32 Å². The summed E-state index contributed by atoms with van der Waals surface area (Å²) in [7, 11) is 0. The number of benzene rings is 1. The van der Waals surface area contributed by atoms with E-state index in [0.29, 0.717) is 13.0 Å². The number of amides is 1. The standard InChI is InChI=1S/C13H16N2O/c1-3-4-10-15-12(16)13(2,14)11-8-6-5-7-9-11/h1,5-9H,4,10,14H2,2H3,(H,15,16). The zero-order valence-corrected chi connectivity index (χ0v) is 9.36. The molecule has 84 valence electrons. The Hall–Kier alpha value is -1.79. The van der Waals surface area contributed by atoms with Crippen LogP contribution >= 0.6 is 0 Å². The molecule has 16 heavy (non-hydrogen) atoms. The molecular formula is C13H16N2O. The molecule has 1 atom stereocenters. The average molecular weight is 216 g/mol. The van der Waals surface area contributed by atoms with Crippen LogP contribution in [0.3, 0.4) is 0 Å². The van der Waals surface area contributed by atoms with Crippen LogP contribution in [0.1, 0.15) is 18.9 Å². The summed E-state index contributed by atoms with van der Waals surface area (Å²) in [6.07, 6.45) is 5.61. The molecule has 1 aromatic rings. The summed E-state index contributed by atoms with van der Waals surface area (Å²) in [6, 6.07) is 9.27. The number of carbonyl (C=O) groups excluding carboxylic acids is 1. The third kappa shape index (κ3) is 2.85. The minimum atomic E-state index is -1.02. The van der Waals surface area contributed by atoms with Gasteiger partial charge in [-0.1, -0.05) is 30.3 Å². The third-order valence-corrected chi connectivity index (χ3v) is 2.40. The van der Waals surface area contributed by atoms with Crippen LogP contribution in [0.5, 0.6) is 0 Å². The highest BCUT2D eigenvalue weighted by atomic mass is 16.2. The first-order valence-electron chi connectivity index (χ1n) is 5.15. The predicted octanol–water partition coefficient (Wildman–Crippen LogP) is 1.000. The van der Waals surface area contributed by atoms with Gasteiger partial charge in [-0.15, -0.1) is 12.3 Å². The Morgan fingerprint density at radius 3 is 2.69 bits per heavy atom. The molecule has 3 nitrogen and oxygen atoms in total. The number of terminal acetylenes is 1. The highest BCUT2D eigenvalue weighted by molar-refractivity contribution is 5.86. The SMILES string of the molecule is C#CCCNC(=O)C(C)(N)c1ccccc1. The van der Waals surface area contributed by atoms with Crippen molar-refractivity contribution in [1.29, 1.82) is 0 Å². The topological polar surface area (TPSA) is 55.1 Å². The second kappa shape index (κ2) is 5.34. The van der Waals surface area contributed by atoms with Gasteiger partial charge in [0.05, 0.1) is 0 Å². The average Bonchev–Trinajstić information content (AvgIpc) is 2.30. The van der Waals surface area contributed by atoms with Crippen LogP contribution in [0, 0.1) is 12.3 Å². The molecule has 0 spiro atoms. The second-order valence-electron chi connectivity index (χ2n) is 3.78. The maximum absolute atomic E-state index is 11.8. The van der Waals surface area contributed by atoms with Gasteiger partial charge < -0.3 is 11.1 Å². The van der Waals surface area contributed by atoms with Gasteiger partial charge in [0.1, 0.15) is 5.54 Å². The van der Waals surface area contributed by atoms with E-state index >= 15 is 0 Å². The summed E-state index contributed by atoms with van der Waals surface area (Å²) in [5, 5.41) is 2.72. The Bertz CT molecular complexity index is 390. The van der Waals surface area contributed by atoms with E-state index in [0.717, 1.165) is 5.56 Å². The van der Waals surface area contributed by atoms with Gasteiger partial charge in [-0.2, -0.15) is 0 Å². The normalized spacial score (nSPS) is 13.6. The van der Waals surface area contributed by atoms with E-state index in [4.69, 9.17) is 12.2 Å². The molecule has 1 amide bonds. The second-order valence-corrected chi connectivity index (χ2v) is 3.78. The molecule has 0 heterocycles. The summed E-state index contributed by atoms with van der Waals surface area (Å²) in [6.45, 7) is 2.14. The predicted molar refractivity (Wildman–Crippen MR) is 64.4 cm³/mol. The van der Waals surface area contributed by atoms with Gasteiger partial charge in [-0.3, -0.25) is 4.79 Å². The van der Waals surface area contributed by atoms with E-state index in [2.05, 4.69) is 11.2 Å². The van der Waals surface area contributed by atoms with E-state index in [1.165, 1.54) is 0 Å². The molecule has 3 heteroatoms. The summed E-state index contributed by atoms with van der Waals surface area (Å²) >= 11 is 0. The monoisotopic (exact) mass is 216 g/mol. The minimum Gasteiger partial charge on any atom is -0.353 e. The van der Waals surface area contributed by atoms with Crippen LogP contribution < -0.4 is 11.1 Å². The molecule has 0 aliphatic heterocycles. The lowest BCUT2D eigenvalue weighted by atomic mass is 9.92. The zero-order chi connectivity index (χ0) is 12.0. The highest BCUT2D eigenvalue weighted by Crippen LogP contribution is 2.17. The lowest BCUT2D eigenvalue weighted by Gasteiger charge is -2.23. The first-order chi connectivity index (χ1) is 7.59. The van der Waals surface area contributed by atoms with Crippen molar-refractivity contribution < 1.29 is 4.79 Å². The van der Waals surface area contributed by atoms with Gasteiger partial charge >= 0.3 is 0 Å². The number of rotatable bonds is 4. The van der Waals surface area contributed by atoms with Crippen molar-refractivity contribution in [3.05, 3.63) is 35.9 Å². The fourth-order valence-electron chi connectivity index (χ4n) is 1.35. The summed E-state index contributed by atoms with van der Waals surface area (Å²) in [4.78, 5) is 11.8. The molecule has 0 bridgehead atoms. The third-order valence-electron chi connectivity index (χ3n) is 2.40. The van der Waals surface area contributed by atoms with E-state index in [-0.39, 0.29) is 5.91 Å². The number of nitrogens with two attached hydrogens (primary N) is 1. The molecule has 1 unspecified atom stereocenters. The van der Waals surface area contributed by atoms with E-state index in [1.807, 2.05) is 30.3 Å². The Balaban J connectivity index is 2.71. The number of nitrogens with one attached hydrogen (secondary N) is 1. The van der Waals surface area contributed by atoms with Crippen LogP contribution in [-0.4, -0.2) is 12.5 Å². The van der Waals surface area contributed by atoms with Gasteiger partial charge in [0.15, 0.2) is 0 Å². The van der Waals surface area contributed by atoms with Crippen molar-refractivity contribution in [2.75, 3.05) is 6.54 Å². The first kappa shape index (κ1) is 12.3. The maximum atomic E-state index is 11.8. The molecule has 0 aliphatic rings. The molecule has 1 aromatic carbocycles. The lowest BCUT2D eigenvalue weighted by Crippen LogP contribution is -2.49. The molecule has 0 radical (unpaired) electrons. The summed E-state index contributed by atoms with van der Waals surface area (Å²) in [5.41, 5.74) is 5.77. The van der Waals surface area contributed by atoms with E-state index in [9.17, 15) is 4.79 Å². The van der Waals surface area contributed by atoms with Crippen molar-refractivity contribution in [2.24, 2.45) is 5.73 Å². The summed E-state index contributed by atoms with van der Waals surface area (Å²) < 4.78 is 0. The smallest absolute Gasteiger partial charge is 0.244 e. The van der Waals surface area contributed by atoms with Gasteiger partial charge in [-0.25, -0.2) is 0 Å². The fourth-order valence-corrected chi connectivity index (χ4v) is 1.35. The molecule has 3 N–H and O–H groups in total. The fraction of sp³-hybridized carbons (Fsp3) is 0.308. The van der Waals surface area contributed by atoms with Gasteiger partial charge in [0.2, 0.25) is 5.91 Å². The van der Waals surface area contributed by atoms with Crippen LogP contribution in [-0.2, 0) is 10.3 Å². The largest absolute Gasteiger partial charge is 0.353 e. The van der Waals surface area contributed by atoms with Crippen molar-refractivity contribution in [2.45, 2.75) is 18.9 Å². The van der Waals surface area contributed by atoms with E-state index in [1.54, 1.807) is 6.92 Å². The molecule has 0 aliphatic carbocycles. The minimum absolute atomic E-state index is 0.214. The zero-order valence-electron chi connectivity index (χ0n) is 9.36. The van der Waals surface area contributed by atoms with Gasteiger partial charge in [0, 0.05) is 13.0 Å². The maximum Gasteiger partial charge on any atom is 0.244 e. The van der Waals surface area contributed by atoms with Crippen molar-refractivity contribution >= 4 is 5.91 Å². The molecular weight excluding hydrogens is 200 g/mol. The van der Waals surface area contributed by atoms with Gasteiger partial charge in [-0.05, 0) is 12.5 Å². The summed E-state index contributed by atoms with van der Waals surface area (Å²) in [5.74, 6) is 2.24. The number of hydrogen-bond donors (Lipinski definition) is 2. The number of carbonyl (C=O) groups is 1. The molecule has 0 fully saturated rings. The van der Waals surface area contributed by atoms with Gasteiger partial charge in [0.25, 0.3) is 0 Å². The number of hydrogen-bond acceptors (Lipinski definition) is 2. The quantitative estimate of drug-likeness (QED) is 0.582. The van der Waals surface area contributed by atoms with Crippen molar-refractivity contribution in [3.63, 3.8) is 0 Å². The first-order valence-corrected chi connectivity index (χ1v) is 5.15.